The summed E-state index contributed by atoms with van der Waals surface area (Å²) in [6.07, 6.45) is -3.37. The van der Waals surface area contributed by atoms with Gasteiger partial charge in [0.25, 0.3) is 0 Å². The Morgan fingerprint density at radius 1 is 0.688 bits per heavy atom. The first kappa shape index (κ1) is 23.5. The van der Waals surface area contributed by atoms with Gasteiger partial charge in [-0.1, -0.05) is 36.4 Å². The van der Waals surface area contributed by atoms with E-state index in [0.717, 1.165) is 41.9 Å². The van der Waals surface area contributed by atoms with Crippen LogP contribution >= 0.6 is 0 Å². The van der Waals surface area contributed by atoms with Gasteiger partial charge in [-0.3, -0.25) is 0 Å². The standard InChI is InChI=1S/C24H21F5O3/c1-30-12-2-3-13-31-20-10-8-17(9-11-20)16-4-6-18(7-5-16)19-14-21(25)23(22(26)15-19)32-24(27,28)29/h4-11,14-15H,2-3,12-13H2,1H3. The molecule has 0 saturated heterocycles. The number of rotatable bonds is 9. The van der Waals surface area contributed by atoms with Crippen LogP contribution in [0.15, 0.2) is 60.7 Å². The van der Waals surface area contributed by atoms with Crippen LogP contribution in [0.5, 0.6) is 11.5 Å². The largest absolute Gasteiger partial charge is 0.573 e. The first-order valence-electron chi connectivity index (χ1n) is 9.84. The van der Waals surface area contributed by atoms with Crippen LogP contribution in [0.3, 0.4) is 0 Å². The summed E-state index contributed by atoms with van der Waals surface area (Å²) < 4.78 is 78.9. The van der Waals surface area contributed by atoms with E-state index in [9.17, 15) is 22.0 Å². The molecule has 0 fully saturated rings. The van der Waals surface area contributed by atoms with Gasteiger partial charge in [0.1, 0.15) is 5.75 Å². The molecule has 0 radical (unpaired) electrons. The van der Waals surface area contributed by atoms with Gasteiger partial charge in [0.15, 0.2) is 11.6 Å². The summed E-state index contributed by atoms with van der Waals surface area (Å²) in [7, 11) is 1.66. The molecule has 0 N–H and O–H groups in total. The van der Waals surface area contributed by atoms with Gasteiger partial charge in [-0.25, -0.2) is 8.78 Å². The summed E-state index contributed by atoms with van der Waals surface area (Å²) in [6.45, 7) is 1.29. The topological polar surface area (TPSA) is 27.7 Å². The lowest BCUT2D eigenvalue weighted by atomic mass is 10.00. The summed E-state index contributed by atoms with van der Waals surface area (Å²) in [4.78, 5) is 0. The molecule has 3 rings (SSSR count). The molecule has 3 nitrogen and oxygen atoms in total. The van der Waals surface area contributed by atoms with E-state index in [-0.39, 0.29) is 5.56 Å². The minimum atomic E-state index is -5.19. The van der Waals surface area contributed by atoms with Crippen LogP contribution in [0, 0.1) is 11.6 Å². The molecule has 0 heterocycles. The smallest absolute Gasteiger partial charge is 0.494 e. The Balaban J connectivity index is 1.69. The van der Waals surface area contributed by atoms with Crippen molar-refractivity contribution < 1.29 is 36.2 Å². The summed E-state index contributed by atoms with van der Waals surface area (Å²) in [6, 6.07) is 15.9. The van der Waals surface area contributed by atoms with Gasteiger partial charge in [-0.05, 0) is 59.4 Å². The Morgan fingerprint density at radius 3 is 1.66 bits per heavy atom. The van der Waals surface area contributed by atoms with Crippen molar-refractivity contribution in [1.29, 1.82) is 0 Å². The van der Waals surface area contributed by atoms with Gasteiger partial charge in [0, 0.05) is 13.7 Å². The second-order valence-corrected chi connectivity index (χ2v) is 6.97. The summed E-state index contributed by atoms with van der Waals surface area (Å²) in [5.74, 6) is -3.59. The molecule has 0 unspecified atom stereocenters. The van der Waals surface area contributed by atoms with E-state index in [1.807, 2.05) is 24.3 Å². The highest BCUT2D eigenvalue weighted by molar-refractivity contribution is 5.71. The molecule has 0 aromatic heterocycles. The van der Waals surface area contributed by atoms with Crippen LogP contribution in [-0.2, 0) is 4.74 Å². The van der Waals surface area contributed by atoms with Gasteiger partial charge in [-0.15, -0.1) is 13.2 Å². The van der Waals surface area contributed by atoms with E-state index in [1.54, 1.807) is 31.4 Å². The van der Waals surface area contributed by atoms with Crippen LogP contribution in [-0.4, -0.2) is 26.7 Å². The van der Waals surface area contributed by atoms with Crippen LogP contribution < -0.4 is 9.47 Å². The Labute approximate surface area is 182 Å². The number of methoxy groups -OCH3 is 1. The molecule has 0 bridgehead atoms. The van der Waals surface area contributed by atoms with Crippen molar-refractivity contribution >= 4 is 0 Å². The molecule has 0 spiro atoms. The zero-order valence-corrected chi connectivity index (χ0v) is 17.2. The second-order valence-electron chi connectivity index (χ2n) is 6.97. The third kappa shape index (κ3) is 6.43. The fourth-order valence-corrected chi connectivity index (χ4v) is 3.08. The molecule has 0 amide bonds. The van der Waals surface area contributed by atoms with Gasteiger partial charge < -0.3 is 14.2 Å². The number of alkyl halides is 3. The number of hydrogen-bond donors (Lipinski definition) is 0. The van der Waals surface area contributed by atoms with Gasteiger partial charge in [0.05, 0.1) is 6.61 Å². The Bertz CT molecular complexity index is 992. The minimum absolute atomic E-state index is 0.0956. The van der Waals surface area contributed by atoms with E-state index in [4.69, 9.17) is 9.47 Å². The van der Waals surface area contributed by atoms with E-state index in [1.165, 1.54) is 0 Å². The lowest BCUT2D eigenvalue weighted by molar-refractivity contribution is -0.276. The maximum atomic E-state index is 14.0. The highest BCUT2D eigenvalue weighted by Crippen LogP contribution is 2.33. The summed E-state index contributed by atoms with van der Waals surface area (Å²) in [5.41, 5.74) is 2.31. The predicted molar refractivity (Wildman–Crippen MR) is 111 cm³/mol. The van der Waals surface area contributed by atoms with Gasteiger partial charge >= 0.3 is 6.36 Å². The number of unbranched alkanes of at least 4 members (excludes halogenated alkanes) is 1. The highest BCUT2D eigenvalue weighted by atomic mass is 19.4. The minimum Gasteiger partial charge on any atom is -0.494 e. The first-order valence-corrected chi connectivity index (χ1v) is 9.84. The Kier molecular flexibility index (Phi) is 7.69. The molecule has 170 valence electrons. The van der Waals surface area contributed by atoms with E-state index in [0.29, 0.717) is 18.8 Å². The molecule has 8 heteroatoms. The average molecular weight is 452 g/mol. The van der Waals surface area contributed by atoms with Crippen molar-refractivity contribution in [3.05, 3.63) is 72.3 Å². The normalized spacial score (nSPS) is 11.4. The molecule has 0 aliphatic carbocycles. The van der Waals surface area contributed by atoms with Crippen molar-refractivity contribution in [3.8, 4) is 33.8 Å². The Morgan fingerprint density at radius 2 is 1.16 bits per heavy atom. The van der Waals surface area contributed by atoms with Gasteiger partial charge in [-0.2, -0.15) is 0 Å². The molecular weight excluding hydrogens is 431 g/mol. The van der Waals surface area contributed by atoms with E-state index < -0.39 is 23.7 Å². The number of ether oxygens (including phenoxy) is 3. The lowest BCUT2D eigenvalue weighted by Crippen LogP contribution is -2.19. The fraction of sp³-hybridized carbons (Fsp3) is 0.250. The third-order valence-electron chi connectivity index (χ3n) is 4.63. The molecule has 0 atom stereocenters. The van der Waals surface area contributed by atoms with Crippen molar-refractivity contribution in [2.45, 2.75) is 19.2 Å². The molecule has 32 heavy (non-hydrogen) atoms. The van der Waals surface area contributed by atoms with Crippen molar-refractivity contribution in [2.24, 2.45) is 0 Å². The van der Waals surface area contributed by atoms with Crippen molar-refractivity contribution in [2.75, 3.05) is 20.3 Å². The van der Waals surface area contributed by atoms with Crippen LogP contribution in [0.2, 0.25) is 0 Å². The molecule has 0 aliphatic heterocycles. The fourth-order valence-electron chi connectivity index (χ4n) is 3.08. The van der Waals surface area contributed by atoms with Crippen molar-refractivity contribution in [1.82, 2.24) is 0 Å². The van der Waals surface area contributed by atoms with E-state index in [2.05, 4.69) is 4.74 Å². The quantitative estimate of drug-likeness (QED) is 0.258. The zero-order valence-electron chi connectivity index (χ0n) is 17.2. The second kappa shape index (κ2) is 10.5. The summed E-state index contributed by atoms with van der Waals surface area (Å²) in [5, 5.41) is 0. The maximum Gasteiger partial charge on any atom is 0.573 e. The first-order chi connectivity index (χ1) is 15.3. The molecule has 0 saturated carbocycles. The maximum absolute atomic E-state index is 14.0. The third-order valence-corrected chi connectivity index (χ3v) is 4.63. The molecule has 3 aromatic rings. The van der Waals surface area contributed by atoms with Crippen molar-refractivity contribution in [3.63, 3.8) is 0 Å². The van der Waals surface area contributed by atoms with Crippen LogP contribution in [0.4, 0.5) is 22.0 Å². The van der Waals surface area contributed by atoms with Crippen LogP contribution in [0.25, 0.3) is 22.3 Å². The SMILES string of the molecule is COCCCCOc1ccc(-c2ccc(-c3cc(F)c(OC(F)(F)F)c(F)c3)cc2)cc1. The Hall–Kier alpha value is -3.13. The average Bonchev–Trinajstić information content (AvgIpc) is 2.76. The monoisotopic (exact) mass is 452 g/mol. The molecular formula is C24H21F5O3. The molecule has 0 aliphatic rings. The molecule has 3 aromatic carbocycles. The number of halogens is 5. The van der Waals surface area contributed by atoms with Gasteiger partial charge in [0.2, 0.25) is 5.75 Å². The van der Waals surface area contributed by atoms with Crippen LogP contribution in [0.1, 0.15) is 12.8 Å². The highest BCUT2D eigenvalue weighted by Gasteiger charge is 2.34. The van der Waals surface area contributed by atoms with E-state index >= 15 is 0 Å². The predicted octanol–water partition coefficient (Wildman–Crippen LogP) is 7.00. The number of hydrogen-bond acceptors (Lipinski definition) is 3. The lowest BCUT2D eigenvalue weighted by Gasteiger charge is -2.12. The number of benzene rings is 3. The zero-order chi connectivity index (χ0) is 23.1. The summed E-state index contributed by atoms with van der Waals surface area (Å²) >= 11 is 0.